The second-order valence-electron chi connectivity index (χ2n) is 7.20. The van der Waals surface area contributed by atoms with Crippen molar-refractivity contribution in [1.29, 1.82) is 0 Å². The van der Waals surface area contributed by atoms with Crippen molar-refractivity contribution < 1.29 is 4.79 Å². The lowest BCUT2D eigenvalue weighted by Gasteiger charge is -2.49. The van der Waals surface area contributed by atoms with Crippen LogP contribution in [0.2, 0.25) is 5.02 Å². The van der Waals surface area contributed by atoms with Crippen LogP contribution in [0.1, 0.15) is 39.9 Å². The fraction of sp³-hybridized carbons (Fsp3) is 0.381. The van der Waals surface area contributed by atoms with Gasteiger partial charge in [-0.05, 0) is 74.7 Å². The van der Waals surface area contributed by atoms with Gasteiger partial charge in [0.05, 0.1) is 4.88 Å². The van der Waals surface area contributed by atoms with Crippen LogP contribution in [0.4, 0.5) is 0 Å². The van der Waals surface area contributed by atoms with Gasteiger partial charge in [0.25, 0.3) is 5.91 Å². The maximum atomic E-state index is 12.7. The molecular weight excluding hydrogens is 364 g/mol. The molecule has 0 spiro atoms. The highest BCUT2D eigenvalue weighted by Crippen LogP contribution is 2.32. The molecule has 26 heavy (non-hydrogen) atoms. The molecule has 3 nitrogen and oxygen atoms in total. The number of nitrogens with one attached hydrogen (secondary N) is 1. The van der Waals surface area contributed by atoms with E-state index in [1.807, 2.05) is 48.6 Å². The summed E-state index contributed by atoms with van der Waals surface area (Å²) in [6, 6.07) is 12.4. The summed E-state index contributed by atoms with van der Waals surface area (Å²) in [6.07, 6.45) is 6.46. The number of rotatable bonds is 4. The van der Waals surface area contributed by atoms with Gasteiger partial charge in [-0.3, -0.25) is 9.69 Å². The van der Waals surface area contributed by atoms with E-state index in [4.69, 9.17) is 11.6 Å². The molecule has 1 N–H and O–H groups in total. The minimum absolute atomic E-state index is 0.0583. The quantitative estimate of drug-likeness (QED) is 0.819. The van der Waals surface area contributed by atoms with Crippen molar-refractivity contribution in [3.8, 4) is 0 Å². The van der Waals surface area contributed by atoms with Gasteiger partial charge in [0.1, 0.15) is 0 Å². The molecule has 3 fully saturated rings. The Hall–Kier alpha value is -1.62. The number of carbonyl (C=O) groups is 1. The molecule has 0 radical (unpaired) electrons. The summed E-state index contributed by atoms with van der Waals surface area (Å²) < 4.78 is 0. The average molecular weight is 387 g/mol. The normalized spacial score (nSPS) is 27.8. The van der Waals surface area contributed by atoms with E-state index in [1.54, 1.807) is 0 Å². The maximum absolute atomic E-state index is 12.7. The molecular formula is C21H23ClN2OS. The second kappa shape index (κ2) is 7.55. The van der Waals surface area contributed by atoms with Crippen LogP contribution >= 0.6 is 22.9 Å². The molecule has 5 heteroatoms. The van der Waals surface area contributed by atoms with Gasteiger partial charge >= 0.3 is 0 Å². The van der Waals surface area contributed by atoms with Crippen LogP contribution in [-0.4, -0.2) is 36.0 Å². The Balaban J connectivity index is 1.42. The molecule has 3 saturated heterocycles. The number of thiophene rings is 1. The first-order valence-electron chi connectivity index (χ1n) is 9.18. The summed E-state index contributed by atoms with van der Waals surface area (Å²) in [5, 5.41) is 4.03. The van der Waals surface area contributed by atoms with Crippen LogP contribution in [0.5, 0.6) is 0 Å². The number of amides is 1. The number of benzene rings is 1. The highest BCUT2D eigenvalue weighted by Gasteiger charge is 2.40. The largest absolute Gasteiger partial charge is 0.347 e. The molecule has 3 aliphatic rings. The standard InChI is InChI=1S/C21H23ClN2OS/c1-14-20(16-9-11-24(14)12-10-16)23-21(25)19-8-7-18(26-19)6-5-15-3-2-4-17(22)13-15/h2-8,13-14,16,20H,9-12H2,1H3,(H,23,25). The van der Waals surface area contributed by atoms with Crippen LogP contribution in [0.15, 0.2) is 36.4 Å². The van der Waals surface area contributed by atoms with Gasteiger partial charge in [-0.2, -0.15) is 0 Å². The van der Waals surface area contributed by atoms with Crippen molar-refractivity contribution in [2.24, 2.45) is 5.92 Å². The monoisotopic (exact) mass is 386 g/mol. The Morgan fingerprint density at radius 3 is 2.77 bits per heavy atom. The first-order valence-corrected chi connectivity index (χ1v) is 10.4. The number of fused-ring (bicyclic) bond motifs is 3. The molecule has 1 amide bonds. The van der Waals surface area contributed by atoms with Gasteiger partial charge in [0, 0.05) is 22.0 Å². The van der Waals surface area contributed by atoms with E-state index in [1.165, 1.54) is 37.3 Å². The molecule has 3 aliphatic heterocycles. The molecule has 4 heterocycles. The maximum Gasteiger partial charge on any atom is 0.261 e. The van der Waals surface area contributed by atoms with Crippen LogP contribution in [0.3, 0.4) is 0 Å². The third-order valence-electron chi connectivity index (χ3n) is 5.61. The van der Waals surface area contributed by atoms with Gasteiger partial charge in [-0.15, -0.1) is 11.3 Å². The van der Waals surface area contributed by atoms with Crippen LogP contribution in [0, 0.1) is 5.92 Å². The lowest BCUT2D eigenvalue weighted by atomic mass is 9.79. The summed E-state index contributed by atoms with van der Waals surface area (Å²) in [5.74, 6) is 0.684. The molecule has 1 aromatic heterocycles. The molecule has 1 aromatic carbocycles. The molecule has 2 unspecified atom stereocenters. The van der Waals surface area contributed by atoms with Crippen LogP contribution in [-0.2, 0) is 0 Å². The zero-order chi connectivity index (χ0) is 18.1. The molecule has 2 atom stereocenters. The Morgan fingerprint density at radius 1 is 1.23 bits per heavy atom. The SMILES string of the molecule is CC1C(NC(=O)c2ccc(C=Cc3cccc(Cl)c3)s2)C2CCN1CC2. The lowest BCUT2D eigenvalue weighted by molar-refractivity contribution is 0.0218. The van der Waals surface area contributed by atoms with E-state index in [2.05, 4.69) is 17.1 Å². The topological polar surface area (TPSA) is 32.3 Å². The van der Waals surface area contributed by atoms with Crippen molar-refractivity contribution in [2.75, 3.05) is 13.1 Å². The zero-order valence-electron chi connectivity index (χ0n) is 14.8. The predicted octanol–water partition coefficient (Wildman–Crippen LogP) is 4.78. The third-order valence-corrected chi connectivity index (χ3v) is 6.90. The van der Waals surface area contributed by atoms with E-state index in [0.717, 1.165) is 20.3 Å². The summed E-state index contributed by atoms with van der Waals surface area (Å²) in [6.45, 7) is 4.59. The Labute approximate surface area is 163 Å². The van der Waals surface area contributed by atoms with Crippen molar-refractivity contribution >= 4 is 41.0 Å². The van der Waals surface area contributed by atoms with Gasteiger partial charge in [0.2, 0.25) is 0 Å². The van der Waals surface area contributed by atoms with Crippen molar-refractivity contribution in [1.82, 2.24) is 10.2 Å². The molecule has 0 aliphatic carbocycles. The highest BCUT2D eigenvalue weighted by molar-refractivity contribution is 7.14. The number of nitrogens with zero attached hydrogens (tertiary/aromatic N) is 1. The fourth-order valence-electron chi connectivity index (χ4n) is 4.12. The lowest BCUT2D eigenvalue weighted by Crippen LogP contribution is -2.62. The smallest absolute Gasteiger partial charge is 0.261 e. The van der Waals surface area contributed by atoms with Crippen LogP contribution in [0.25, 0.3) is 12.2 Å². The summed E-state index contributed by atoms with van der Waals surface area (Å²) in [5.41, 5.74) is 1.05. The molecule has 2 bridgehead atoms. The number of carbonyl (C=O) groups excluding carboxylic acids is 1. The van der Waals surface area contributed by atoms with Crippen molar-refractivity contribution in [2.45, 2.75) is 31.8 Å². The number of halogens is 1. The van der Waals surface area contributed by atoms with E-state index in [9.17, 15) is 4.79 Å². The minimum Gasteiger partial charge on any atom is -0.347 e. The average Bonchev–Trinajstić information content (AvgIpc) is 3.12. The van der Waals surface area contributed by atoms with Gasteiger partial charge in [-0.1, -0.05) is 29.8 Å². The van der Waals surface area contributed by atoms with E-state index in [-0.39, 0.29) is 11.9 Å². The van der Waals surface area contributed by atoms with Crippen molar-refractivity contribution in [3.63, 3.8) is 0 Å². The first-order chi connectivity index (χ1) is 12.6. The number of hydrogen-bond donors (Lipinski definition) is 1. The van der Waals surface area contributed by atoms with Crippen molar-refractivity contribution in [3.05, 3.63) is 56.7 Å². The van der Waals surface area contributed by atoms with E-state index >= 15 is 0 Å². The molecule has 5 rings (SSSR count). The second-order valence-corrected chi connectivity index (χ2v) is 8.76. The number of hydrogen-bond acceptors (Lipinski definition) is 3. The van der Waals surface area contributed by atoms with E-state index < -0.39 is 0 Å². The summed E-state index contributed by atoms with van der Waals surface area (Å²) >= 11 is 7.54. The third kappa shape index (κ3) is 3.73. The number of piperidine rings is 3. The Morgan fingerprint density at radius 2 is 2.04 bits per heavy atom. The first kappa shape index (κ1) is 17.8. The molecule has 0 saturated carbocycles. The predicted molar refractivity (Wildman–Crippen MR) is 110 cm³/mol. The summed E-state index contributed by atoms with van der Waals surface area (Å²) in [7, 11) is 0. The fourth-order valence-corrected chi connectivity index (χ4v) is 5.13. The zero-order valence-corrected chi connectivity index (χ0v) is 16.4. The summed E-state index contributed by atoms with van der Waals surface area (Å²) in [4.78, 5) is 17.0. The van der Waals surface area contributed by atoms with Gasteiger partial charge < -0.3 is 5.32 Å². The van der Waals surface area contributed by atoms with E-state index in [0.29, 0.717) is 12.0 Å². The highest BCUT2D eigenvalue weighted by atomic mass is 35.5. The molecule has 136 valence electrons. The van der Waals surface area contributed by atoms with Crippen LogP contribution < -0.4 is 5.32 Å². The minimum atomic E-state index is 0.0583. The van der Waals surface area contributed by atoms with Gasteiger partial charge in [-0.25, -0.2) is 0 Å². The Bertz CT molecular complexity index is 821. The Kier molecular flexibility index (Phi) is 5.16. The molecule has 2 aromatic rings. The van der Waals surface area contributed by atoms with Gasteiger partial charge in [0.15, 0.2) is 0 Å².